The van der Waals surface area contributed by atoms with Crippen LogP contribution < -0.4 is 5.73 Å². The second-order valence-electron chi connectivity index (χ2n) is 2.49. The van der Waals surface area contributed by atoms with Gasteiger partial charge in [-0.05, 0) is 0 Å². The van der Waals surface area contributed by atoms with E-state index >= 15 is 0 Å². The van der Waals surface area contributed by atoms with Crippen LogP contribution in [0.25, 0.3) is 0 Å². The Labute approximate surface area is 67.7 Å². The SMILES string of the molecule is CC(F)(F)C(N)COCC(F)F. The Balaban J connectivity index is 3.51. The lowest BCUT2D eigenvalue weighted by Gasteiger charge is -2.18. The molecule has 0 fully saturated rings. The average molecular weight is 189 g/mol. The number of halogens is 4. The van der Waals surface area contributed by atoms with Gasteiger partial charge in [-0.15, -0.1) is 0 Å². The first-order valence-electron chi connectivity index (χ1n) is 3.33. The van der Waals surface area contributed by atoms with Crippen LogP contribution in [-0.4, -0.2) is 31.6 Å². The van der Waals surface area contributed by atoms with E-state index in [1.807, 2.05) is 0 Å². The summed E-state index contributed by atoms with van der Waals surface area (Å²) in [4.78, 5) is 0. The first-order chi connectivity index (χ1) is 5.34. The van der Waals surface area contributed by atoms with E-state index in [2.05, 4.69) is 4.74 Å². The predicted molar refractivity (Wildman–Crippen MR) is 35.4 cm³/mol. The number of rotatable bonds is 5. The average Bonchev–Trinajstić information content (AvgIpc) is 1.84. The normalized spacial score (nSPS) is 15.2. The summed E-state index contributed by atoms with van der Waals surface area (Å²) in [5.74, 6) is -3.10. The molecule has 6 heteroatoms. The first-order valence-corrected chi connectivity index (χ1v) is 3.33. The van der Waals surface area contributed by atoms with Gasteiger partial charge < -0.3 is 10.5 Å². The highest BCUT2D eigenvalue weighted by Crippen LogP contribution is 2.15. The molecule has 12 heavy (non-hydrogen) atoms. The molecular formula is C6H11F4NO. The molecule has 2 nitrogen and oxygen atoms in total. The Morgan fingerprint density at radius 2 is 1.83 bits per heavy atom. The maximum atomic E-state index is 12.2. The van der Waals surface area contributed by atoms with Crippen LogP contribution in [0.1, 0.15) is 6.92 Å². The Kier molecular flexibility index (Phi) is 4.47. The highest BCUT2D eigenvalue weighted by molar-refractivity contribution is 4.74. The number of alkyl halides is 4. The Bertz CT molecular complexity index is 125. The summed E-state index contributed by atoms with van der Waals surface area (Å²) in [6.07, 6.45) is -2.65. The van der Waals surface area contributed by atoms with E-state index < -0.39 is 31.6 Å². The topological polar surface area (TPSA) is 35.2 Å². The van der Waals surface area contributed by atoms with E-state index in [1.54, 1.807) is 0 Å². The third kappa shape index (κ3) is 5.31. The van der Waals surface area contributed by atoms with E-state index in [0.717, 1.165) is 0 Å². The van der Waals surface area contributed by atoms with Crippen LogP contribution in [0.2, 0.25) is 0 Å². The highest BCUT2D eigenvalue weighted by Gasteiger charge is 2.30. The van der Waals surface area contributed by atoms with Crippen molar-refractivity contribution < 1.29 is 22.3 Å². The van der Waals surface area contributed by atoms with Crippen molar-refractivity contribution in [2.75, 3.05) is 13.2 Å². The summed E-state index contributed by atoms with van der Waals surface area (Å²) in [5, 5.41) is 0. The quantitative estimate of drug-likeness (QED) is 0.660. The summed E-state index contributed by atoms with van der Waals surface area (Å²) in [7, 11) is 0. The molecule has 74 valence electrons. The Morgan fingerprint density at radius 3 is 2.17 bits per heavy atom. The fourth-order valence-corrected chi connectivity index (χ4v) is 0.430. The van der Waals surface area contributed by atoms with E-state index in [4.69, 9.17) is 5.73 Å². The van der Waals surface area contributed by atoms with Gasteiger partial charge in [-0.3, -0.25) is 0 Å². The van der Waals surface area contributed by atoms with Gasteiger partial charge in [-0.25, -0.2) is 17.6 Å². The van der Waals surface area contributed by atoms with Crippen molar-refractivity contribution in [3.63, 3.8) is 0 Å². The van der Waals surface area contributed by atoms with Crippen LogP contribution >= 0.6 is 0 Å². The third-order valence-corrected chi connectivity index (χ3v) is 1.19. The highest BCUT2D eigenvalue weighted by atomic mass is 19.3. The zero-order valence-electron chi connectivity index (χ0n) is 6.57. The van der Waals surface area contributed by atoms with E-state index in [-0.39, 0.29) is 0 Å². The molecule has 0 saturated carbocycles. The Morgan fingerprint density at radius 1 is 1.33 bits per heavy atom. The molecule has 2 N–H and O–H groups in total. The second-order valence-corrected chi connectivity index (χ2v) is 2.49. The van der Waals surface area contributed by atoms with Crippen molar-refractivity contribution in [2.24, 2.45) is 5.73 Å². The van der Waals surface area contributed by atoms with Crippen molar-refractivity contribution in [1.82, 2.24) is 0 Å². The van der Waals surface area contributed by atoms with Crippen LogP contribution in [0.5, 0.6) is 0 Å². The van der Waals surface area contributed by atoms with Gasteiger partial charge in [-0.1, -0.05) is 0 Å². The minimum absolute atomic E-state index is 0.562. The van der Waals surface area contributed by atoms with Crippen molar-refractivity contribution in [1.29, 1.82) is 0 Å². The van der Waals surface area contributed by atoms with Crippen LogP contribution in [0, 0.1) is 0 Å². The molecule has 0 radical (unpaired) electrons. The molecule has 0 aromatic heterocycles. The summed E-state index contributed by atoms with van der Waals surface area (Å²) < 4.78 is 51.6. The number of hydrogen-bond acceptors (Lipinski definition) is 2. The van der Waals surface area contributed by atoms with Crippen molar-refractivity contribution in [3.8, 4) is 0 Å². The van der Waals surface area contributed by atoms with Crippen LogP contribution in [0.4, 0.5) is 17.6 Å². The predicted octanol–water partition coefficient (Wildman–Crippen LogP) is 1.25. The van der Waals surface area contributed by atoms with E-state index in [9.17, 15) is 17.6 Å². The van der Waals surface area contributed by atoms with Gasteiger partial charge in [0.2, 0.25) is 0 Å². The number of hydrogen-bond donors (Lipinski definition) is 1. The van der Waals surface area contributed by atoms with Crippen molar-refractivity contribution in [2.45, 2.75) is 25.3 Å². The van der Waals surface area contributed by atoms with E-state index in [0.29, 0.717) is 6.92 Å². The molecule has 0 aliphatic heterocycles. The number of ether oxygens (including phenoxy) is 1. The first kappa shape index (κ1) is 11.6. The minimum atomic E-state index is -3.10. The third-order valence-electron chi connectivity index (χ3n) is 1.19. The Hall–Kier alpha value is -0.360. The molecule has 0 aromatic rings. The van der Waals surface area contributed by atoms with Gasteiger partial charge in [0.05, 0.1) is 12.6 Å². The zero-order valence-corrected chi connectivity index (χ0v) is 6.57. The fraction of sp³-hybridized carbons (Fsp3) is 1.00. The smallest absolute Gasteiger partial charge is 0.262 e. The molecule has 0 heterocycles. The monoisotopic (exact) mass is 189 g/mol. The standard InChI is InChI=1S/C6H11F4NO/c1-6(9,10)4(11)2-12-3-5(7)8/h4-5H,2-3,11H2,1H3. The summed E-state index contributed by atoms with van der Waals surface area (Å²) in [6.45, 7) is -0.805. The lowest BCUT2D eigenvalue weighted by Crippen LogP contribution is -2.42. The molecule has 0 bridgehead atoms. The van der Waals surface area contributed by atoms with Crippen molar-refractivity contribution >= 4 is 0 Å². The molecule has 0 amide bonds. The van der Waals surface area contributed by atoms with Crippen LogP contribution in [-0.2, 0) is 4.74 Å². The largest absolute Gasteiger partial charge is 0.374 e. The molecule has 1 unspecified atom stereocenters. The van der Waals surface area contributed by atoms with E-state index in [1.165, 1.54) is 0 Å². The maximum absolute atomic E-state index is 12.2. The lowest BCUT2D eigenvalue weighted by molar-refractivity contribution is -0.0531. The van der Waals surface area contributed by atoms with Gasteiger partial charge in [0.15, 0.2) is 0 Å². The van der Waals surface area contributed by atoms with Crippen LogP contribution in [0.15, 0.2) is 0 Å². The molecule has 0 saturated heterocycles. The summed E-state index contributed by atoms with van der Waals surface area (Å²) >= 11 is 0. The minimum Gasteiger partial charge on any atom is -0.374 e. The van der Waals surface area contributed by atoms with Crippen molar-refractivity contribution in [3.05, 3.63) is 0 Å². The van der Waals surface area contributed by atoms with Gasteiger partial charge in [-0.2, -0.15) is 0 Å². The van der Waals surface area contributed by atoms with Gasteiger partial charge >= 0.3 is 0 Å². The molecule has 0 spiro atoms. The van der Waals surface area contributed by atoms with Gasteiger partial charge in [0.25, 0.3) is 12.3 Å². The lowest BCUT2D eigenvalue weighted by atomic mass is 10.2. The van der Waals surface area contributed by atoms with Gasteiger partial charge in [0, 0.05) is 6.92 Å². The zero-order chi connectivity index (χ0) is 9.78. The molecule has 0 aliphatic carbocycles. The molecule has 0 rings (SSSR count). The second kappa shape index (κ2) is 4.61. The molecule has 0 aliphatic rings. The summed E-state index contributed by atoms with van der Waals surface area (Å²) in [6, 6.07) is -1.53. The molecule has 1 atom stereocenters. The molecular weight excluding hydrogens is 178 g/mol. The fourth-order valence-electron chi connectivity index (χ4n) is 0.430. The summed E-state index contributed by atoms with van der Waals surface area (Å²) in [5.41, 5.74) is 4.92. The molecule has 0 aromatic carbocycles. The van der Waals surface area contributed by atoms with Gasteiger partial charge in [0.1, 0.15) is 6.61 Å². The maximum Gasteiger partial charge on any atom is 0.262 e. The number of nitrogens with two attached hydrogens (primary N) is 1. The van der Waals surface area contributed by atoms with Crippen LogP contribution in [0.3, 0.4) is 0 Å².